The van der Waals surface area contributed by atoms with E-state index >= 15 is 0 Å². The first-order valence-corrected chi connectivity index (χ1v) is 10.8. The van der Waals surface area contributed by atoms with Gasteiger partial charge in [0.2, 0.25) is 11.1 Å². The van der Waals surface area contributed by atoms with Gasteiger partial charge in [0.1, 0.15) is 11.0 Å². The summed E-state index contributed by atoms with van der Waals surface area (Å²) >= 11 is 2.81. The number of nitrogens with zero attached hydrogens (tertiary/aromatic N) is 5. The van der Waals surface area contributed by atoms with Crippen LogP contribution in [0.2, 0.25) is 0 Å². The van der Waals surface area contributed by atoms with Gasteiger partial charge in [-0.3, -0.25) is 4.79 Å². The van der Waals surface area contributed by atoms with Crippen molar-refractivity contribution < 1.29 is 4.79 Å². The van der Waals surface area contributed by atoms with Gasteiger partial charge in [0.25, 0.3) is 0 Å². The highest BCUT2D eigenvalue weighted by atomic mass is 32.2. The summed E-state index contributed by atoms with van der Waals surface area (Å²) in [7, 11) is 0. The van der Waals surface area contributed by atoms with E-state index in [1.165, 1.54) is 23.1 Å². The summed E-state index contributed by atoms with van der Waals surface area (Å²) in [5.41, 5.74) is 3.00. The third kappa shape index (κ3) is 4.69. The van der Waals surface area contributed by atoms with Crippen molar-refractivity contribution in [2.75, 3.05) is 5.75 Å². The van der Waals surface area contributed by atoms with Crippen LogP contribution in [0.15, 0.2) is 71.3 Å². The van der Waals surface area contributed by atoms with Crippen molar-refractivity contribution in [2.45, 2.75) is 18.1 Å². The molecule has 0 bridgehead atoms. The van der Waals surface area contributed by atoms with Crippen molar-refractivity contribution in [3.05, 3.63) is 82.3 Å². The first kappa shape index (κ1) is 19.3. The van der Waals surface area contributed by atoms with E-state index < -0.39 is 0 Å². The number of tetrazole rings is 1. The van der Waals surface area contributed by atoms with Crippen molar-refractivity contribution in [1.82, 2.24) is 30.5 Å². The van der Waals surface area contributed by atoms with Crippen LogP contribution in [-0.2, 0) is 4.79 Å². The third-order valence-corrected chi connectivity index (χ3v) is 5.95. The molecule has 1 unspecified atom stereocenters. The fourth-order valence-electron chi connectivity index (χ4n) is 2.76. The van der Waals surface area contributed by atoms with Crippen molar-refractivity contribution in [1.29, 1.82) is 0 Å². The number of rotatable bonds is 7. The lowest BCUT2D eigenvalue weighted by molar-refractivity contribution is -0.119. The second-order valence-electron chi connectivity index (χ2n) is 6.28. The Balaban J connectivity index is 1.45. The average Bonchev–Trinajstić information content (AvgIpc) is 3.44. The average molecular weight is 423 g/mol. The Morgan fingerprint density at radius 1 is 1.17 bits per heavy atom. The Morgan fingerprint density at radius 3 is 2.69 bits per heavy atom. The zero-order valence-corrected chi connectivity index (χ0v) is 17.2. The van der Waals surface area contributed by atoms with Crippen LogP contribution < -0.4 is 5.32 Å². The summed E-state index contributed by atoms with van der Waals surface area (Å²) in [5, 5.41) is 18.2. The maximum Gasteiger partial charge on any atom is 0.231 e. The highest BCUT2D eigenvalue weighted by Gasteiger charge is 2.20. The summed E-state index contributed by atoms with van der Waals surface area (Å²) in [6, 6.07) is 17.4. The van der Waals surface area contributed by atoms with Crippen molar-refractivity contribution in [3.63, 3.8) is 0 Å². The van der Waals surface area contributed by atoms with Gasteiger partial charge in [0, 0.05) is 11.6 Å². The molecule has 1 amide bonds. The molecule has 1 N–H and O–H groups in total. The molecule has 9 heteroatoms. The van der Waals surface area contributed by atoms with Gasteiger partial charge in [-0.05, 0) is 35.0 Å². The molecule has 0 saturated carbocycles. The Labute approximate surface area is 176 Å². The number of nitrogens with one attached hydrogen (secondary N) is 1. The first-order chi connectivity index (χ1) is 14.2. The molecule has 7 nitrogen and oxygen atoms in total. The second-order valence-corrected chi connectivity index (χ2v) is 8.15. The van der Waals surface area contributed by atoms with Crippen LogP contribution in [0.3, 0.4) is 0 Å². The van der Waals surface area contributed by atoms with Crippen LogP contribution in [0.1, 0.15) is 22.2 Å². The number of aromatic nitrogens is 5. The van der Waals surface area contributed by atoms with Gasteiger partial charge in [0.05, 0.1) is 11.4 Å². The van der Waals surface area contributed by atoms with E-state index in [0.29, 0.717) is 5.16 Å². The molecule has 2 heterocycles. The maximum absolute atomic E-state index is 12.7. The van der Waals surface area contributed by atoms with Crippen LogP contribution in [0, 0.1) is 6.92 Å². The van der Waals surface area contributed by atoms with E-state index in [1.54, 1.807) is 10.9 Å². The molecule has 1 atom stereocenters. The minimum absolute atomic E-state index is 0.113. The Hall–Kier alpha value is -3.04. The number of hydrogen-bond donors (Lipinski definition) is 1. The summed E-state index contributed by atoms with van der Waals surface area (Å²) in [6.45, 7) is 2.02. The van der Waals surface area contributed by atoms with Crippen LogP contribution in [0.5, 0.6) is 0 Å². The van der Waals surface area contributed by atoms with E-state index in [-0.39, 0.29) is 17.7 Å². The van der Waals surface area contributed by atoms with Gasteiger partial charge in [-0.15, -0.1) is 16.4 Å². The van der Waals surface area contributed by atoms with Crippen LogP contribution >= 0.6 is 23.1 Å². The molecule has 146 valence electrons. The highest BCUT2D eigenvalue weighted by Crippen LogP contribution is 2.24. The van der Waals surface area contributed by atoms with E-state index in [1.807, 2.05) is 66.9 Å². The zero-order valence-electron chi connectivity index (χ0n) is 15.6. The van der Waals surface area contributed by atoms with Crippen LogP contribution in [0.25, 0.3) is 5.69 Å². The van der Waals surface area contributed by atoms with Gasteiger partial charge >= 0.3 is 0 Å². The molecule has 0 fully saturated rings. The normalized spacial score (nSPS) is 11.9. The second kappa shape index (κ2) is 8.97. The standard InChI is InChI=1S/C20H18N6OS2/c1-14-7-9-16(10-8-14)26-20(23-24-25-26)29-13-17(27)22-18(19-21-11-12-28-19)15-5-3-2-4-6-15/h2-12,18H,13H2,1H3,(H,22,27). The summed E-state index contributed by atoms with van der Waals surface area (Å²) < 4.78 is 1.63. The van der Waals surface area contributed by atoms with E-state index in [2.05, 4.69) is 25.8 Å². The molecule has 0 spiro atoms. The molecule has 29 heavy (non-hydrogen) atoms. The van der Waals surface area contributed by atoms with Crippen molar-refractivity contribution in [3.8, 4) is 5.69 Å². The third-order valence-electron chi connectivity index (χ3n) is 4.19. The minimum atomic E-state index is -0.280. The minimum Gasteiger partial charge on any atom is -0.342 e. The van der Waals surface area contributed by atoms with E-state index in [4.69, 9.17) is 0 Å². The summed E-state index contributed by atoms with van der Waals surface area (Å²) in [4.78, 5) is 17.1. The molecular formula is C20H18N6OS2. The Kier molecular flexibility index (Phi) is 5.97. The molecule has 4 aromatic rings. The molecule has 0 aliphatic carbocycles. The number of amides is 1. The number of aryl methyl sites for hydroxylation is 1. The van der Waals surface area contributed by atoms with Gasteiger partial charge in [-0.2, -0.15) is 4.68 Å². The number of hydrogen-bond acceptors (Lipinski definition) is 7. The largest absolute Gasteiger partial charge is 0.342 e. The topological polar surface area (TPSA) is 85.6 Å². The van der Waals surface area contributed by atoms with E-state index in [9.17, 15) is 4.79 Å². The number of benzene rings is 2. The van der Waals surface area contributed by atoms with Crippen LogP contribution in [-0.4, -0.2) is 36.9 Å². The molecule has 2 aromatic carbocycles. The summed E-state index contributed by atoms with van der Waals surface area (Å²) in [5.74, 6) is 0.0820. The smallest absolute Gasteiger partial charge is 0.231 e. The molecule has 0 aliphatic heterocycles. The van der Waals surface area contributed by atoms with Crippen molar-refractivity contribution >= 4 is 29.0 Å². The summed E-state index contributed by atoms with van der Waals surface area (Å²) in [6.07, 6.45) is 1.74. The lowest BCUT2D eigenvalue weighted by Crippen LogP contribution is -2.30. The quantitative estimate of drug-likeness (QED) is 0.459. The fourth-order valence-corrected chi connectivity index (χ4v) is 4.18. The molecule has 4 rings (SSSR count). The molecule has 0 aliphatic rings. The number of carbonyl (C=O) groups excluding carboxylic acids is 1. The lowest BCUT2D eigenvalue weighted by atomic mass is 10.1. The zero-order chi connectivity index (χ0) is 20.1. The number of thioether (sulfide) groups is 1. The van der Waals surface area contributed by atoms with Gasteiger partial charge in [0.15, 0.2) is 0 Å². The number of thiazole rings is 1. The first-order valence-electron chi connectivity index (χ1n) is 8.92. The maximum atomic E-state index is 12.7. The lowest BCUT2D eigenvalue weighted by Gasteiger charge is -2.17. The molecular weight excluding hydrogens is 404 g/mol. The monoisotopic (exact) mass is 422 g/mol. The molecule has 0 saturated heterocycles. The molecule has 2 aromatic heterocycles. The van der Waals surface area contributed by atoms with Gasteiger partial charge in [-0.25, -0.2) is 4.98 Å². The predicted molar refractivity (Wildman–Crippen MR) is 113 cm³/mol. The van der Waals surface area contributed by atoms with E-state index in [0.717, 1.165) is 21.8 Å². The molecule has 0 radical (unpaired) electrons. The van der Waals surface area contributed by atoms with Crippen molar-refractivity contribution in [2.24, 2.45) is 0 Å². The van der Waals surface area contributed by atoms with Gasteiger partial charge in [-0.1, -0.05) is 59.8 Å². The number of carbonyl (C=O) groups is 1. The predicted octanol–water partition coefficient (Wildman–Crippen LogP) is 3.43. The Bertz CT molecular complexity index is 1060. The van der Waals surface area contributed by atoms with Gasteiger partial charge < -0.3 is 5.32 Å². The Morgan fingerprint density at radius 2 is 1.97 bits per heavy atom. The van der Waals surface area contributed by atoms with Crippen LogP contribution in [0.4, 0.5) is 0 Å². The SMILES string of the molecule is Cc1ccc(-n2nnnc2SCC(=O)NC(c2ccccc2)c2nccs2)cc1. The fraction of sp³-hybridized carbons (Fsp3) is 0.150. The highest BCUT2D eigenvalue weighted by molar-refractivity contribution is 7.99.